The van der Waals surface area contributed by atoms with E-state index < -0.39 is 10.2 Å². The fraction of sp³-hybridized carbons (Fsp3) is 0.455. The molecule has 0 bridgehead atoms. The molecule has 1 N–H and O–H groups in total. The summed E-state index contributed by atoms with van der Waals surface area (Å²) in [6, 6.07) is 5.36. The van der Waals surface area contributed by atoms with Crippen LogP contribution in [0.3, 0.4) is 0 Å². The molecule has 1 aromatic carbocycles. The maximum Gasteiger partial charge on any atom is 0.301 e. The average Bonchev–Trinajstić information content (AvgIpc) is 2.23. The predicted molar refractivity (Wildman–Crippen MR) is 74.3 cm³/mol. The second-order valence-corrected chi connectivity index (χ2v) is 6.68. The highest BCUT2D eigenvalue weighted by Crippen LogP contribution is 2.27. The van der Waals surface area contributed by atoms with E-state index in [1.54, 1.807) is 13.1 Å². The lowest BCUT2D eigenvalue weighted by Gasteiger charge is -2.22. The highest BCUT2D eigenvalue weighted by Gasteiger charge is 2.21. The molecule has 0 atom stereocenters. The quantitative estimate of drug-likeness (QED) is 0.927. The van der Waals surface area contributed by atoms with Crippen molar-refractivity contribution in [1.82, 2.24) is 4.31 Å². The van der Waals surface area contributed by atoms with Gasteiger partial charge in [0, 0.05) is 17.6 Å². The Hall–Kier alpha value is -0.590. The van der Waals surface area contributed by atoms with Crippen LogP contribution in [-0.4, -0.2) is 25.8 Å². The molecular weight excluding hydrogens is 304 g/mol. The van der Waals surface area contributed by atoms with Crippen LogP contribution in [0, 0.1) is 6.92 Å². The number of rotatable bonds is 4. The lowest BCUT2D eigenvalue weighted by Crippen LogP contribution is -2.37. The second kappa shape index (κ2) is 5.37. The number of halogens is 1. The number of hydrogen-bond donors (Lipinski definition) is 1. The van der Waals surface area contributed by atoms with Gasteiger partial charge in [-0.05, 0) is 48.3 Å². The van der Waals surface area contributed by atoms with E-state index in [0.29, 0.717) is 5.69 Å². The van der Waals surface area contributed by atoms with E-state index in [4.69, 9.17) is 0 Å². The van der Waals surface area contributed by atoms with Crippen molar-refractivity contribution < 1.29 is 8.42 Å². The van der Waals surface area contributed by atoms with Gasteiger partial charge in [-0.3, -0.25) is 4.72 Å². The van der Waals surface area contributed by atoms with Crippen LogP contribution in [0.15, 0.2) is 22.7 Å². The summed E-state index contributed by atoms with van der Waals surface area (Å²) in [6.07, 6.45) is 0. The van der Waals surface area contributed by atoms with Crippen LogP contribution in [0.2, 0.25) is 0 Å². The zero-order valence-electron chi connectivity index (χ0n) is 10.4. The van der Waals surface area contributed by atoms with E-state index in [2.05, 4.69) is 20.7 Å². The van der Waals surface area contributed by atoms with Crippen LogP contribution in [0.1, 0.15) is 19.4 Å². The van der Waals surface area contributed by atoms with Gasteiger partial charge in [0.1, 0.15) is 0 Å². The highest BCUT2D eigenvalue weighted by molar-refractivity contribution is 9.10. The summed E-state index contributed by atoms with van der Waals surface area (Å²) >= 11 is 3.37. The molecule has 0 radical (unpaired) electrons. The van der Waals surface area contributed by atoms with Crippen molar-refractivity contribution >= 4 is 31.8 Å². The minimum absolute atomic E-state index is 0.0870. The molecule has 0 fully saturated rings. The minimum atomic E-state index is -3.50. The van der Waals surface area contributed by atoms with Crippen molar-refractivity contribution in [2.75, 3.05) is 11.8 Å². The van der Waals surface area contributed by atoms with E-state index in [9.17, 15) is 8.42 Å². The van der Waals surface area contributed by atoms with Gasteiger partial charge in [0.15, 0.2) is 0 Å². The van der Waals surface area contributed by atoms with E-state index in [1.165, 1.54) is 4.31 Å². The number of nitrogens with one attached hydrogen (secondary N) is 1. The molecule has 0 spiro atoms. The van der Waals surface area contributed by atoms with Crippen molar-refractivity contribution in [3.8, 4) is 0 Å². The van der Waals surface area contributed by atoms with Gasteiger partial charge in [-0.15, -0.1) is 0 Å². The Morgan fingerprint density at radius 3 is 2.47 bits per heavy atom. The van der Waals surface area contributed by atoms with Crippen LogP contribution in [0.5, 0.6) is 0 Å². The lowest BCUT2D eigenvalue weighted by atomic mass is 10.2. The Morgan fingerprint density at radius 2 is 1.94 bits per heavy atom. The topological polar surface area (TPSA) is 49.4 Å². The molecule has 0 saturated heterocycles. The number of hydrogen-bond acceptors (Lipinski definition) is 2. The zero-order valence-corrected chi connectivity index (χ0v) is 12.8. The first-order valence-electron chi connectivity index (χ1n) is 5.26. The Bertz CT molecular complexity index is 500. The average molecular weight is 321 g/mol. The van der Waals surface area contributed by atoms with Gasteiger partial charge in [-0.1, -0.05) is 12.1 Å². The van der Waals surface area contributed by atoms with Gasteiger partial charge in [0.05, 0.1) is 5.69 Å². The van der Waals surface area contributed by atoms with E-state index in [0.717, 1.165) is 10.0 Å². The van der Waals surface area contributed by atoms with Crippen LogP contribution < -0.4 is 4.72 Å². The number of nitrogens with zero attached hydrogens (tertiary/aromatic N) is 1. The minimum Gasteiger partial charge on any atom is -0.270 e. The molecule has 0 unspecified atom stereocenters. The van der Waals surface area contributed by atoms with Crippen molar-refractivity contribution in [3.05, 3.63) is 28.2 Å². The summed E-state index contributed by atoms with van der Waals surface area (Å²) in [4.78, 5) is 0. The third-order valence-corrected chi connectivity index (χ3v) is 5.25. The zero-order chi connectivity index (χ0) is 13.2. The normalized spacial score (nSPS) is 12.2. The van der Waals surface area contributed by atoms with Gasteiger partial charge in [-0.25, -0.2) is 0 Å². The molecule has 17 heavy (non-hydrogen) atoms. The SMILES string of the molecule is Cc1cccc(NS(=O)(=O)N(C)C(C)C)c1Br. The first kappa shape index (κ1) is 14.5. The first-order valence-corrected chi connectivity index (χ1v) is 7.50. The van der Waals surface area contributed by atoms with Crippen molar-refractivity contribution in [1.29, 1.82) is 0 Å². The number of benzene rings is 1. The molecule has 0 aliphatic rings. The molecule has 0 aliphatic carbocycles. The standard InChI is InChI=1S/C11H17BrN2O2S/c1-8(2)14(4)17(15,16)13-10-7-5-6-9(3)11(10)12/h5-8,13H,1-4H3. The van der Waals surface area contributed by atoms with Crippen LogP contribution in [0.4, 0.5) is 5.69 Å². The number of aryl methyl sites for hydroxylation is 1. The summed E-state index contributed by atoms with van der Waals surface area (Å²) in [5.74, 6) is 0. The Balaban J connectivity index is 3.03. The smallest absolute Gasteiger partial charge is 0.270 e. The fourth-order valence-corrected chi connectivity index (χ4v) is 2.86. The van der Waals surface area contributed by atoms with Crippen molar-refractivity contribution in [2.24, 2.45) is 0 Å². The molecule has 0 heterocycles. The van der Waals surface area contributed by atoms with Crippen LogP contribution in [-0.2, 0) is 10.2 Å². The molecule has 1 rings (SSSR count). The lowest BCUT2D eigenvalue weighted by molar-refractivity contribution is 0.414. The molecule has 0 aromatic heterocycles. The molecule has 96 valence electrons. The monoisotopic (exact) mass is 320 g/mol. The maximum absolute atomic E-state index is 12.0. The molecule has 0 saturated carbocycles. The highest BCUT2D eigenvalue weighted by atomic mass is 79.9. The second-order valence-electron chi connectivity index (χ2n) is 4.15. The van der Waals surface area contributed by atoms with Gasteiger partial charge in [-0.2, -0.15) is 12.7 Å². The third kappa shape index (κ3) is 3.43. The summed E-state index contributed by atoms with van der Waals surface area (Å²) in [7, 11) is -1.95. The molecule has 6 heteroatoms. The molecule has 0 amide bonds. The van der Waals surface area contributed by atoms with E-state index >= 15 is 0 Å². The van der Waals surface area contributed by atoms with Gasteiger partial charge in [0.2, 0.25) is 0 Å². The molecular formula is C11H17BrN2O2S. The van der Waals surface area contributed by atoms with E-state index in [-0.39, 0.29) is 6.04 Å². The number of anilines is 1. The molecule has 0 aliphatic heterocycles. The maximum atomic E-state index is 12.0. The Labute approximate surface area is 111 Å². The predicted octanol–water partition coefficient (Wildman–Crippen LogP) is 2.75. The van der Waals surface area contributed by atoms with Crippen LogP contribution in [0.25, 0.3) is 0 Å². The summed E-state index contributed by atoms with van der Waals surface area (Å²) in [6.45, 7) is 5.56. The van der Waals surface area contributed by atoms with Crippen molar-refractivity contribution in [2.45, 2.75) is 26.8 Å². The molecule has 4 nitrogen and oxygen atoms in total. The van der Waals surface area contributed by atoms with Gasteiger partial charge >= 0.3 is 10.2 Å². The largest absolute Gasteiger partial charge is 0.301 e. The molecule has 1 aromatic rings. The van der Waals surface area contributed by atoms with E-state index in [1.807, 2.05) is 32.9 Å². The Morgan fingerprint density at radius 1 is 1.35 bits per heavy atom. The van der Waals surface area contributed by atoms with Gasteiger partial charge in [0.25, 0.3) is 0 Å². The third-order valence-electron chi connectivity index (χ3n) is 2.54. The fourth-order valence-electron chi connectivity index (χ4n) is 1.21. The van der Waals surface area contributed by atoms with Gasteiger partial charge < -0.3 is 0 Å². The summed E-state index contributed by atoms with van der Waals surface area (Å²) in [5.41, 5.74) is 1.54. The first-order chi connectivity index (χ1) is 7.75. The summed E-state index contributed by atoms with van der Waals surface area (Å²) < 4.78 is 28.6. The Kier molecular flexibility index (Phi) is 4.57. The van der Waals surface area contributed by atoms with Crippen LogP contribution >= 0.6 is 15.9 Å². The van der Waals surface area contributed by atoms with Crippen molar-refractivity contribution in [3.63, 3.8) is 0 Å². The summed E-state index contributed by atoms with van der Waals surface area (Å²) in [5, 5.41) is 0.